The second-order valence-electron chi connectivity index (χ2n) is 4.53. The zero-order chi connectivity index (χ0) is 13.9. The molecular weight excluding hydrogens is 381 g/mol. The highest BCUT2D eigenvalue weighted by molar-refractivity contribution is 14.1. The minimum atomic E-state index is 0.122. The molecule has 0 aliphatic carbocycles. The van der Waals surface area contributed by atoms with Crippen LogP contribution in [0.5, 0.6) is 0 Å². The molecule has 0 spiro atoms. The van der Waals surface area contributed by atoms with Gasteiger partial charge in [-0.1, -0.05) is 30.3 Å². The van der Waals surface area contributed by atoms with E-state index in [1.165, 1.54) is 14.0 Å². The first-order valence-electron chi connectivity index (χ1n) is 6.34. The highest BCUT2D eigenvalue weighted by Gasteiger charge is 2.15. The summed E-state index contributed by atoms with van der Waals surface area (Å²) < 4.78 is 4.49. The van der Waals surface area contributed by atoms with Gasteiger partial charge in [0.25, 0.3) is 0 Å². The van der Waals surface area contributed by atoms with Gasteiger partial charge in [0.2, 0.25) is 5.96 Å². The number of nitrogens with zero attached hydrogens (tertiary/aromatic N) is 1. The minimum absolute atomic E-state index is 0.122. The lowest BCUT2D eigenvalue weighted by atomic mass is 10.1. The second-order valence-corrected chi connectivity index (χ2v) is 6.63. The van der Waals surface area contributed by atoms with Crippen LogP contribution in [0.1, 0.15) is 18.5 Å². The van der Waals surface area contributed by atoms with Gasteiger partial charge in [-0.2, -0.15) is 0 Å². The smallest absolute Gasteiger partial charge is 0.206 e. The number of hydrogen-bond acceptors (Lipinski definition) is 2. The average Bonchev–Trinajstić information content (AvgIpc) is 2.48. The number of anilines is 1. The molecule has 2 aromatic rings. The first-order chi connectivity index (χ1) is 9.72. The molecule has 5 heteroatoms. The van der Waals surface area contributed by atoms with E-state index in [0.29, 0.717) is 0 Å². The van der Waals surface area contributed by atoms with Crippen LogP contribution in [0.25, 0.3) is 0 Å². The van der Waals surface area contributed by atoms with Gasteiger partial charge in [-0.3, -0.25) is 4.72 Å². The Morgan fingerprint density at radius 3 is 2.75 bits per heavy atom. The van der Waals surface area contributed by atoms with Gasteiger partial charge < -0.3 is 5.32 Å². The molecule has 1 aliphatic rings. The molecule has 0 saturated heterocycles. The van der Waals surface area contributed by atoms with E-state index in [1.54, 1.807) is 11.9 Å². The van der Waals surface area contributed by atoms with Crippen molar-refractivity contribution in [2.45, 2.75) is 17.9 Å². The van der Waals surface area contributed by atoms with E-state index in [9.17, 15) is 0 Å². The number of hydrogen-bond donors (Lipinski definition) is 2. The van der Waals surface area contributed by atoms with Crippen molar-refractivity contribution in [2.24, 2.45) is 4.99 Å². The fourth-order valence-electron chi connectivity index (χ4n) is 2.00. The van der Waals surface area contributed by atoms with Gasteiger partial charge in [0.15, 0.2) is 0 Å². The van der Waals surface area contributed by atoms with Crippen molar-refractivity contribution in [1.82, 2.24) is 4.72 Å². The highest BCUT2D eigenvalue weighted by atomic mass is 127. The third kappa shape index (κ3) is 3.09. The van der Waals surface area contributed by atoms with Crippen LogP contribution >= 0.6 is 34.5 Å². The molecule has 0 fully saturated rings. The third-order valence-electron chi connectivity index (χ3n) is 3.06. The van der Waals surface area contributed by atoms with Gasteiger partial charge >= 0.3 is 0 Å². The summed E-state index contributed by atoms with van der Waals surface area (Å²) in [7, 11) is 0. The molecule has 0 radical (unpaired) electrons. The average molecular weight is 395 g/mol. The molecule has 0 unspecified atom stereocenters. The molecule has 20 heavy (non-hydrogen) atoms. The van der Waals surface area contributed by atoms with E-state index in [1.807, 2.05) is 18.2 Å². The van der Waals surface area contributed by atoms with Gasteiger partial charge in [-0.15, -0.1) is 0 Å². The van der Waals surface area contributed by atoms with E-state index < -0.39 is 0 Å². The fourth-order valence-corrected chi connectivity index (χ4v) is 3.43. The standard InChI is InChI=1S/C15H14IN3S/c1-10(11-5-3-2-4-6-11)17-15-18-13-8-7-12(16)9-14(13)20-19-15/h2-10H,1H3,(H2,17,18,19)/t10-/m0/s1. The van der Waals surface area contributed by atoms with Crippen molar-refractivity contribution in [3.05, 3.63) is 57.7 Å². The first-order valence-corrected chi connectivity index (χ1v) is 8.24. The Labute approximate surface area is 136 Å². The quantitative estimate of drug-likeness (QED) is 0.584. The molecule has 1 heterocycles. The normalized spacial score (nSPS) is 17.0. The van der Waals surface area contributed by atoms with E-state index in [4.69, 9.17) is 4.99 Å². The predicted molar refractivity (Wildman–Crippen MR) is 94.1 cm³/mol. The molecule has 2 aromatic carbocycles. The summed E-state index contributed by atoms with van der Waals surface area (Å²) in [5.74, 6) is 0.806. The number of nitrogens with one attached hydrogen (secondary N) is 2. The Morgan fingerprint density at radius 2 is 1.95 bits per heavy atom. The van der Waals surface area contributed by atoms with E-state index in [0.717, 1.165) is 11.6 Å². The van der Waals surface area contributed by atoms with Gasteiger partial charge in [0, 0.05) is 3.57 Å². The van der Waals surface area contributed by atoms with Gasteiger partial charge in [-0.25, -0.2) is 4.99 Å². The molecule has 0 aromatic heterocycles. The Morgan fingerprint density at radius 1 is 1.15 bits per heavy atom. The largest absolute Gasteiger partial charge is 0.325 e. The zero-order valence-electron chi connectivity index (χ0n) is 10.9. The van der Waals surface area contributed by atoms with Gasteiger partial charge in [0.1, 0.15) is 0 Å². The molecule has 1 aliphatic heterocycles. The maximum absolute atomic E-state index is 4.70. The predicted octanol–water partition coefficient (Wildman–Crippen LogP) is 4.43. The molecule has 102 valence electrons. The van der Waals surface area contributed by atoms with Crippen molar-refractivity contribution in [1.29, 1.82) is 0 Å². The molecule has 2 N–H and O–H groups in total. The van der Waals surface area contributed by atoms with Crippen LogP contribution in [-0.2, 0) is 0 Å². The first kappa shape index (κ1) is 13.8. The summed E-state index contributed by atoms with van der Waals surface area (Å²) in [6, 6.07) is 16.8. The number of rotatable bonds is 2. The van der Waals surface area contributed by atoms with Crippen LogP contribution in [0.15, 0.2) is 58.4 Å². The van der Waals surface area contributed by atoms with E-state index >= 15 is 0 Å². The van der Waals surface area contributed by atoms with Crippen molar-refractivity contribution < 1.29 is 0 Å². The van der Waals surface area contributed by atoms with Crippen molar-refractivity contribution in [3.63, 3.8) is 0 Å². The van der Waals surface area contributed by atoms with Gasteiger partial charge in [-0.05, 0) is 65.2 Å². The van der Waals surface area contributed by atoms with Gasteiger partial charge in [0.05, 0.1) is 16.6 Å². The molecule has 0 saturated carbocycles. The molecule has 1 atom stereocenters. The number of guanidine groups is 1. The fraction of sp³-hybridized carbons (Fsp3) is 0.133. The summed E-state index contributed by atoms with van der Waals surface area (Å²) >= 11 is 3.92. The molecule has 0 amide bonds. The molecule has 3 nitrogen and oxygen atoms in total. The highest BCUT2D eigenvalue weighted by Crippen LogP contribution is 2.30. The minimum Gasteiger partial charge on any atom is -0.325 e. The summed E-state index contributed by atoms with van der Waals surface area (Å²) in [5.41, 5.74) is 2.31. The van der Waals surface area contributed by atoms with E-state index in [2.05, 4.69) is 69.9 Å². The van der Waals surface area contributed by atoms with Crippen LogP contribution < -0.4 is 10.0 Å². The van der Waals surface area contributed by atoms with Crippen molar-refractivity contribution in [2.75, 3.05) is 5.32 Å². The third-order valence-corrected chi connectivity index (χ3v) is 4.58. The lowest BCUT2D eigenvalue weighted by molar-refractivity contribution is 0.815. The Hall–Kier alpha value is -1.21. The number of halogens is 1. The van der Waals surface area contributed by atoms with Crippen LogP contribution in [0.4, 0.5) is 5.69 Å². The lowest BCUT2D eigenvalue weighted by Crippen LogP contribution is -2.29. The van der Waals surface area contributed by atoms with Crippen molar-refractivity contribution >= 4 is 46.2 Å². The van der Waals surface area contributed by atoms with Crippen LogP contribution in [-0.4, -0.2) is 5.96 Å². The second kappa shape index (κ2) is 6.05. The number of benzene rings is 2. The van der Waals surface area contributed by atoms with Crippen molar-refractivity contribution in [3.8, 4) is 0 Å². The van der Waals surface area contributed by atoms with E-state index in [-0.39, 0.29) is 6.04 Å². The molecular formula is C15H14IN3S. The molecule has 3 rings (SSSR count). The molecule has 0 bridgehead atoms. The number of aliphatic imine (C=N–C) groups is 1. The maximum atomic E-state index is 4.70. The maximum Gasteiger partial charge on any atom is 0.206 e. The summed E-state index contributed by atoms with van der Waals surface area (Å²) in [6.45, 7) is 2.10. The number of fused-ring (bicyclic) bond motifs is 1. The Balaban J connectivity index is 1.80. The van der Waals surface area contributed by atoms with Crippen LogP contribution in [0.3, 0.4) is 0 Å². The summed E-state index contributed by atoms with van der Waals surface area (Å²) in [6.07, 6.45) is 0. The van der Waals surface area contributed by atoms with Crippen LogP contribution in [0, 0.1) is 3.57 Å². The monoisotopic (exact) mass is 395 g/mol. The lowest BCUT2D eigenvalue weighted by Gasteiger charge is -2.21. The summed E-state index contributed by atoms with van der Waals surface area (Å²) in [5, 5.41) is 3.34. The Kier molecular flexibility index (Phi) is 4.16. The zero-order valence-corrected chi connectivity index (χ0v) is 13.9. The Bertz CT molecular complexity index is 643. The summed E-state index contributed by atoms with van der Waals surface area (Å²) in [4.78, 5) is 5.90. The topological polar surface area (TPSA) is 36.4 Å². The van der Waals surface area contributed by atoms with Crippen LogP contribution in [0.2, 0.25) is 0 Å². The SMILES string of the molecule is C[C@H](N=C1NSc2cc(I)ccc2N1)c1ccccc1.